The number of rotatable bonds is 0. The lowest BCUT2D eigenvalue weighted by Crippen LogP contribution is -2.02. The second-order valence-corrected chi connectivity index (χ2v) is 3.03. The van der Waals surface area contributed by atoms with E-state index in [0.29, 0.717) is 13.2 Å². The maximum Gasteiger partial charge on any atom is 0.0795 e. The van der Waals surface area contributed by atoms with E-state index in [-0.39, 0.29) is 12.2 Å². The molecule has 2 saturated heterocycles. The summed E-state index contributed by atoms with van der Waals surface area (Å²) in [5.41, 5.74) is 0. The summed E-state index contributed by atoms with van der Waals surface area (Å²) in [6.07, 6.45) is 1.29. The van der Waals surface area contributed by atoms with E-state index in [1.807, 2.05) is 0 Å². The van der Waals surface area contributed by atoms with E-state index < -0.39 is 0 Å². The summed E-state index contributed by atoms with van der Waals surface area (Å²) in [5, 5.41) is 17.2. The average molecular weight is 176 g/mol. The van der Waals surface area contributed by atoms with Crippen LogP contribution in [-0.2, 0) is 9.47 Å². The van der Waals surface area contributed by atoms with E-state index in [9.17, 15) is 0 Å². The van der Waals surface area contributed by atoms with Crippen molar-refractivity contribution >= 4 is 0 Å². The van der Waals surface area contributed by atoms with Gasteiger partial charge in [0.1, 0.15) is 0 Å². The molecule has 0 saturated carbocycles. The van der Waals surface area contributed by atoms with E-state index in [0.717, 1.165) is 26.1 Å². The lowest BCUT2D eigenvalue weighted by Gasteiger charge is -1.89. The smallest absolute Gasteiger partial charge is 0.0795 e. The molecule has 2 rings (SSSR count). The van der Waals surface area contributed by atoms with Gasteiger partial charge in [-0.3, -0.25) is 0 Å². The second-order valence-electron chi connectivity index (χ2n) is 3.03. The molecule has 2 aliphatic heterocycles. The van der Waals surface area contributed by atoms with Crippen LogP contribution < -0.4 is 0 Å². The minimum atomic E-state index is -0.176. The molecule has 2 fully saturated rings. The zero-order chi connectivity index (χ0) is 8.81. The maximum atomic E-state index is 8.60. The SMILES string of the molecule is OC1CCOC1.OC1CCOC1. The summed E-state index contributed by atoms with van der Waals surface area (Å²) in [6, 6.07) is 0. The Morgan fingerprint density at radius 3 is 1.33 bits per heavy atom. The van der Waals surface area contributed by atoms with E-state index in [1.54, 1.807) is 0 Å². The van der Waals surface area contributed by atoms with Gasteiger partial charge in [-0.1, -0.05) is 0 Å². The molecule has 0 amide bonds. The van der Waals surface area contributed by atoms with Crippen molar-refractivity contribution in [3.8, 4) is 0 Å². The Morgan fingerprint density at radius 1 is 0.833 bits per heavy atom. The van der Waals surface area contributed by atoms with Gasteiger partial charge in [-0.15, -0.1) is 0 Å². The Bertz CT molecular complexity index is 91.6. The van der Waals surface area contributed by atoms with Crippen molar-refractivity contribution in [3.05, 3.63) is 0 Å². The van der Waals surface area contributed by atoms with E-state index in [1.165, 1.54) is 0 Å². The van der Waals surface area contributed by atoms with Crippen LogP contribution in [0.2, 0.25) is 0 Å². The highest BCUT2D eigenvalue weighted by Gasteiger charge is 2.10. The first kappa shape index (κ1) is 9.92. The van der Waals surface area contributed by atoms with Crippen LogP contribution in [0, 0.1) is 0 Å². The van der Waals surface area contributed by atoms with Gasteiger partial charge in [0, 0.05) is 13.2 Å². The van der Waals surface area contributed by atoms with Crippen LogP contribution in [0.1, 0.15) is 12.8 Å². The summed E-state index contributed by atoms with van der Waals surface area (Å²) in [6.45, 7) is 2.56. The minimum Gasteiger partial charge on any atom is -0.391 e. The van der Waals surface area contributed by atoms with Crippen molar-refractivity contribution in [3.63, 3.8) is 0 Å². The first-order valence-electron chi connectivity index (χ1n) is 4.30. The Balaban J connectivity index is 0.000000120. The molecule has 12 heavy (non-hydrogen) atoms. The van der Waals surface area contributed by atoms with Gasteiger partial charge >= 0.3 is 0 Å². The fourth-order valence-electron chi connectivity index (χ4n) is 1.04. The standard InChI is InChI=1S/2C4H8O2/c2*5-4-1-2-6-3-4/h2*4-5H,1-3H2. The first-order valence-corrected chi connectivity index (χ1v) is 4.30. The molecule has 0 aromatic heterocycles. The van der Waals surface area contributed by atoms with Gasteiger partial charge in [-0.05, 0) is 12.8 Å². The highest BCUT2D eigenvalue weighted by molar-refractivity contribution is 4.58. The molecule has 2 heterocycles. The largest absolute Gasteiger partial charge is 0.391 e. The molecular formula is C8H16O4. The second kappa shape index (κ2) is 5.48. The van der Waals surface area contributed by atoms with Crippen LogP contribution in [0.5, 0.6) is 0 Å². The molecule has 0 aliphatic carbocycles. The van der Waals surface area contributed by atoms with E-state index in [4.69, 9.17) is 19.7 Å². The topological polar surface area (TPSA) is 58.9 Å². The Labute approximate surface area is 72.1 Å². The normalized spacial score (nSPS) is 34.5. The predicted molar refractivity (Wildman–Crippen MR) is 42.9 cm³/mol. The molecule has 2 atom stereocenters. The molecule has 2 unspecified atom stereocenters. The van der Waals surface area contributed by atoms with Crippen molar-refractivity contribution in [2.45, 2.75) is 25.0 Å². The van der Waals surface area contributed by atoms with Gasteiger partial charge in [-0.25, -0.2) is 0 Å². The summed E-state index contributed by atoms with van der Waals surface area (Å²) < 4.78 is 9.61. The van der Waals surface area contributed by atoms with Gasteiger partial charge in [0.2, 0.25) is 0 Å². The molecule has 4 heteroatoms. The highest BCUT2D eigenvalue weighted by atomic mass is 16.5. The lowest BCUT2D eigenvalue weighted by atomic mass is 10.3. The van der Waals surface area contributed by atoms with Crippen molar-refractivity contribution in [2.75, 3.05) is 26.4 Å². The molecule has 0 spiro atoms. The molecule has 0 radical (unpaired) electrons. The number of ether oxygens (including phenoxy) is 2. The Hall–Kier alpha value is -0.160. The van der Waals surface area contributed by atoms with E-state index in [2.05, 4.69) is 0 Å². The van der Waals surface area contributed by atoms with Gasteiger partial charge in [0.15, 0.2) is 0 Å². The number of hydrogen-bond acceptors (Lipinski definition) is 4. The van der Waals surface area contributed by atoms with Crippen molar-refractivity contribution in [1.82, 2.24) is 0 Å². The molecule has 2 aliphatic rings. The first-order chi connectivity index (χ1) is 5.79. The molecule has 2 N–H and O–H groups in total. The average Bonchev–Trinajstić information content (AvgIpc) is 2.63. The third kappa shape index (κ3) is 4.01. The monoisotopic (exact) mass is 176 g/mol. The quantitative estimate of drug-likeness (QED) is 0.524. The number of aliphatic hydroxyl groups is 2. The third-order valence-corrected chi connectivity index (χ3v) is 1.81. The van der Waals surface area contributed by atoms with Gasteiger partial charge in [0.05, 0.1) is 25.4 Å². The van der Waals surface area contributed by atoms with E-state index >= 15 is 0 Å². The zero-order valence-electron chi connectivity index (χ0n) is 7.11. The van der Waals surface area contributed by atoms with Crippen LogP contribution in [-0.4, -0.2) is 48.8 Å². The Kier molecular flexibility index (Phi) is 4.53. The lowest BCUT2D eigenvalue weighted by molar-refractivity contribution is 0.127. The summed E-state index contributed by atoms with van der Waals surface area (Å²) in [7, 11) is 0. The maximum absolute atomic E-state index is 8.60. The van der Waals surface area contributed by atoms with Gasteiger partial charge in [0.25, 0.3) is 0 Å². The summed E-state index contributed by atoms with van der Waals surface area (Å²) in [5.74, 6) is 0. The molecule has 0 aromatic rings. The number of hydrogen-bond donors (Lipinski definition) is 2. The number of aliphatic hydroxyl groups excluding tert-OH is 2. The van der Waals surface area contributed by atoms with Crippen molar-refractivity contribution in [1.29, 1.82) is 0 Å². The van der Waals surface area contributed by atoms with Crippen LogP contribution in [0.15, 0.2) is 0 Å². The van der Waals surface area contributed by atoms with Crippen LogP contribution in [0.4, 0.5) is 0 Å². The van der Waals surface area contributed by atoms with Crippen LogP contribution in [0.25, 0.3) is 0 Å². The molecule has 0 bridgehead atoms. The molecule has 0 aromatic carbocycles. The molecular weight excluding hydrogens is 160 g/mol. The summed E-state index contributed by atoms with van der Waals surface area (Å²) >= 11 is 0. The van der Waals surface area contributed by atoms with Gasteiger partial charge in [-0.2, -0.15) is 0 Å². The predicted octanol–water partition coefficient (Wildman–Crippen LogP) is -0.465. The summed E-state index contributed by atoms with van der Waals surface area (Å²) in [4.78, 5) is 0. The van der Waals surface area contributed by atoms with Crippen molar-refractivity contribution < 1.29 is 19.7 Å². The fourth-order valence-corrected chi connectivity index (χ4v) is 1.04. The molecule has 4 nitrogen and oxygen atoms in total. The fraction of sp³-hybridized carbons (Fsp3) is 1.00. The van der Waals surface area contributed by atoms with Crippen LogP contribution in [0.3, 0.4) is 0 Å². The Morgan fingerprint density at radius 2 is 1.25 bits per heavy atom. The van der Waals surface area contributed by atoms with Crippen molar-refractivity contribution in [2.24, 2.45) is 0 Å². The zero-order valence-corrected chi connectivity index (χ0v) is 7.11. The van der Waals surface area contributed by atoms with Crippen LogP contribution >= 0.6 is 0 Å². The van der Waals surface area contributed by atoms with Gasteiger partial charge < -0.3 is 19.7 Å². The molecule has 72 valence electrons. The minimum absolute atomic E-state index is 0.176. The third-order valence-electron chi connectivity index (χ3n) is 1.81. The highest BCUT2D eigenvalue weighted by Crippen LogP contribution is 2.01.